The van der Waals surface area contributed by atoms with Gasteiger partial charge in [-0.3, -0.25) is 0 Å². The van der Waals surface area contributed by atoms with Crippen molar-refractivity contribution in [3.63, 3.8) is 0 Å². The lowest BCUT2D eigenvalue weighted by atomic mass is 10.2. The van der Waals surface area contributed by atoms with Crippen LogP contribution in [0.3, 0.4) is 0 Å². The Bertz CT molecular complexity index is 564. The molecule has 0 aromatic carbocycles. The molecule has 0 unspecified atom stereocenters. The zero-order valence-corrected chi connectivity index (χ0v) is 13.7. The fourth-order valence-electron chi connectivity index (χ4n) is 2.24. The van der Waals surface area contributed by atoms with Gasteiger partial charge in [0, 0.05) is 25.5 Å². The van der Waals surface area contributed by atoms with Crippen LogP contribution < -0.4 is 10.2 Å². The molecule has 2 rings (SSSR count). The minimum Gasteiger partial charge on any atom is -0.359 e. The van der Waals surface area contributed by atoms with Crippen molar-refractivity contribution in [3.05, 3.63) is 10.9 Å². The number of anilines is 2. The van der Waals surface area contributed by atoms with E-state index >= 15 is 0 Å². The van der Waals surface area contributed by atoms with Crippen molar-refractivity contribution in [2.45, 2.75) is 39.5 Å². The monoisotopic (exact) mass is 292 g/mol. The molecule has 2 aromatic rings. The molecule has 0 amide bonds. The Balaban J connectivity index is 2.35. The summed E-state index contributed by atoms with van der Waals surface area (Å²) in [6.07, 6.45) is 4.77. The predicted molar refractivity (Wildman–Crippen MR) is 89.1 cm³/mol. The first-order valence-corrected chi connectivity index (χ1v) is 8.20. The lowest BCUT2D eigenvalue weighted by Crippen LogP contribution is -2.20. The van der Waals surface area contributed by atoms with Crippen molar-refractivity contribution >= 4 is 33.3 Å². The maximum atomic E-state index is 4.66. The van der Waals surface area contributed by atoms with E-state index in [1.807, 2.05) is 7.05 Å². The second kappa shape index (κ2) is 6.88. The van der Waals surface area contributed by atoms with Crippen molar-refractivity contribution in [1.29, 1.82) is 0 Å². The average molecular weight is 292 g/mol. The molecule has 5 heteroatoms. The highest BCUT2D eigenvalue weighted by Gasteiger charge is 2.13. The Hall–Kier alpha value is -1.36. The summed E-state index contributed by atoms with van der Waals surface area (Å²) in [4.78, 5) is 13.9. The van der Waals surface area contributed by atoms with Crippen molar-refractivity contribution in [3.8, 4) is 0 Å². The number of thiophene rings is 1. The van der Waals surface area contributed by atoms with Gasteiger partial charge in [0.1, 0.15) is 10.6 Å². The SMILES string of the molecule is CCCCCN(C)c1nc(NC)nc2sc(CC)cc12. The average Bonchev–Trinajstić information content (AvgIpc) is 2.89. The number of fused-ring (bicyclic) bond motifs is 1. The van der Waals surface area contributed by atoms with Crippen LogP contribution in [0.25, 0.3) is 10.2 Å². The molecular formula is C15H24N4S. The molecule has 20 heavy (non-hydrogen) atoms. The van der Waals surface area contributed by atoms with Crippen LogP contribution in [0.15, 0.2) is 6.07 Å². The number of aryl methyl sites for hydroxylation is 1. The molecule has 1 N–H and O–H groups in total. The van der Waals surface area contributed by atoms with Crippen molar-refractivity contribution in [2.75, 3.05) is 30.9 Å². The molecule has 4 nitrogen and oxygen atoms in total. The van der Waals surface area contributed by atoms with Crippen LogP contribution in [-0.2, 0) is 6.42 Å². The molecule has 2 aromatic heterocycles. The van der Waals surface area contributed by atoms with E-state index in [9.17, 15) is 0 Å². The highest BCUT2D eigenvalue weighted by molar-refractivity contribution is 7.18. The summed E-state index contributed by atoms with van der Waals surface area (Å²) in [7, 11) is 4.00. The molecule has 2 heterocycles. The summed E-state index contributed by atoms with van der Waals surface area (Å²) in [6.45, 7) is 5.45. The Morgan fingerprint density at radius 2 is 2.05 bits per heavy atom. The summed E-state index contributed by atoms with van der Waals surface area (Å²) in [5.41, 5.74) is 0. The first-order valence-electron chi connectivity index (χ1n) is 7.38. The van der Waals surface area contributed by atoms with E-state index in [2.05, 4.69) is 47.1 Å². The van der Waals surface area contributed by atoms with Gasteiger partial charge >= 0.3 is 0 Å². The number of hydrogen-bond acceptors (Lipinski definition) is 5. The number of hydrogen-bond donors (Lipinski definition) is 1. The highest BCUT2D eigenvalue weighted by atomic mass is 32.1. The quantitative estimate of drug-likeness (QED) is 0.785. The molecule has 0 bridgehead atoms. The van der Waals surface area contributed by atoms with Crippen LogP contribution in [0.1, 0.15) is 38.0 Å². The minimum atomic E-state index is 0.708. The normalized spacial score (nSPS) is 11.0. The van der Waals surface area contributed by atoms with Crippen LogP contribution in [0.2, 0.25) is 0 Å². The number of aromatic nitrogens is 2. The summed E-state index contributed by atoms with van der Waals surface area (Å²) in [6, 6.07) is 2.24. The summed E-state index contributed by atoms with van der Waals surface area (Å²) in [5, 5.41) is 4.25. The van der Waals surface area contributed by atoms with Crippen LogP contribution >= 0.6 is 11.3 Å². The summed E-state index contributed by atoms with van der Waals surface area (Å²) >= 11 is 1.77. The maximum Gasteiger partial charge on any atom is 0.225 e. The van der Waals surface area contributed by atoms with Crippen LogP contribution in [0, 0.1) is 0 Å². The molecule has 0 aliphatic rings. The third-order valence-corrected chi connectivity index (χ3v) is 4.63. The standard InChI is InChI=1S/C15H24N4S/c1-5-7-8-9-19(4)13-12-10-11(6-2)20-14(12)18-15(16-3)17-13/h10H,5-9H2,1-4H3,(H,16,17,18). The van der Waals surface area contributed by atoms with E-state index in [1.165, 1.54) is 29.5 Å². The lowest BCUT2D eigenvalue weighted by Gasteiger charge is -2.19. The molecule has 0 saturated heterocycles. The first-order chi connectivity index (χ1) is 9.69. The molecule has 0 aliphatic heterocycles. The molecule has 0 saturated carbocycles. The summed E-state index contributed by atoms with van der Waals surface area (Å²) in [5.74, 6) is 1.76. The fraction of sp³-hybridized carbons (Fsp3) is 0.600. The predicted octanol–water partition coefficient (Wildman–Crippen LogP) is 3.92. The molecule has 0 radical (unpaired) electrons. The Labute approximate surface area is 125 Å². The zero-order chi connectivity index (χ0) is 14.5. The molecule has 0 aliphatic carbocycles. The van der Waals surface area contributed by atoms with Gasteiger partial charge in [-0.05, 0) is 18.9 Å². The number of nitrogens with one attached hydrogen (secondary N) is 1. The highest BCUT2D eigenvalue weighted by Crippen LogP contribution is 2.32. The third kappa shape index (κ3) is 3.20. The number of nitrogens with zero attached hydrogens (tertiary/aromatic N) is 3. The second-order valence-corrected chi connectivity index (χ2v) is 6.15. The van der Waals surface area contributed by atoms with Gasteiger partial charge < -0.3 is 10.2 Å². The van der Waals surface area contributed by atoms with E-state index in [1.54, 1.807) is 11.3 Å². The Morgan fingerprint density at radius 1 is 1.25 bits per heavy atom. The summed E-state index contributed by atoms with van der Waals surface area (Å²) < 4.78 is 0. The molecule has 0 atom stereocenters. The maximum absolute atomic E-state index is 4.66. The van der Waals surface area contributed by atoms with E-state index < -0.39 is 0 Å². The second-order valence-electron chi connectivity index (χ2n) is 5.03. The fourth-order valence-corrected chi connectivity index (χ4v) is 3.20. The van der Waals surface area contributed by atoms with Gasteiger partial charge in [0.2, 0.25) is 5.95 Å². The van der Waals surface area contributed by atoms with Gasteiger partial charge in [-0.15, -0.1) is 11.3 Å². The van der Waals surface area contributed by atoms with Crippen LogP contribution in [0.4, 0.5) is 11.8 Å². The van der Waals surface area contributed by atoms with Gasteiger partial charge in [0.05, 0.1) is 5.39 Å². The van der Waals surface area contributed by atoms with Crippen molar-refractivity contribution in [1.82, 2.24) is 9.97 Å². The van der Waals surface area contributed by atoms with Crippen LogP contribution in [-0.4, -0.2) is 30.6 Å². The molecule has 0 fully saturated rings. The molecular weight excluding hydrogens is 268 g/mol. The van der Waals surface area contributed by atoms with Gasteiger partial charge in [-0.1, -0.05) is 26.7 Å². The van der Waals surface area contributed by atoms with Gasteiger partial charge in [0.25, 0.3) is 0 Å². The smallest absolute Gasteiger partial charge is 0.225 e. The number of rotatable bonds is 7. The topological polar surface area (TPSA) is 41.1 Å². The first kappa shape index (κ1) is 15.0. The van der Waals surface area contributed by atoms with E-state index in [0.717, 1.165) is 23.6 Å². The van der Waals surface area contributed by atoms with Crippen molar-refractivity contribution < 1.29 is 0 Å². The van der Waals surface area contributed by atoms with Crippen molar-refractivity contribution in [2.24, 2.45) is 0 Å². The Kier molecular flexibility index (Phi) is 5.17. The number of unbranched alkanes of at least 4 members (excludes halogenated alkanes) is 2. The van der Waals surface area contributed by atoms with Gasteiger partial charge in [-0.2, -0.15) is 4.98 Å². The van der Waals surface area contributed by atoms with E-state index in [4.69, 9.17) is 0 Å². The Morgan fingerprint density at radius 3 is 2.70 bits per heavy atom. The van der Waals surface area contributed by atoms with Gasteiger partial charge in [-0.25, -0.2) is 4.98 Å². The van der Waals surface area contributed by atoms with Crippen LogP contribution in [0.5, 0.6) is 0 Å². The van der Waals surface area contributed by atoms with E-state index in [0.29, 0.717) is 5.95 Å². The lowest BCUT2D eigenvalue weighted by molar-refractivity contribution is 0.702. The minimum absolute atomic E-state index is 0.708. The third-order valence-electron chi connectivity index (χ3n) is 3.45. The zero-order valence-electron chi connectivity index (χ0n) is 12.9. The molecule has 0 spiro atoms. The van der Waals surface area contributed by atoms with E-state index in [-0.39, 0.29) is 0 Å². The van der Waals surface area contributed by atoms with Gasteiger partial charge in [0.15, 0.2) is 0 Å². The molecule has 110 valence electrons. The largest absolute Gasteiger partial charge is 0.359 e.